The fourth-order valence-corrected chi connectivity index (χ4v) is 12.4. The van der Waals surface area contributed by atoms with E-state index in [0.29, 0.717) is 36.1 Å². The molecule has 4 aromatic heterocycles. The van der Waals surface area contributed by atoms with Gasteiger partial charge in [0.1, 0.15) is 36.9 Å². The lowest BCUT2D eigenvalue weighted by molar-refractivity contribution is -0.139. The lowest BCUT2D eigenvalue weighted by Gasteiger charge is -2.30. The van der Waals surface area contributed by atoms with E-state index >= 15 is 0 Å². The molecule has 0 spiro atoms. The second-order valence-electron chi connectivity index (χ2n) is 24.7. The van der Waals surface area contributed by atoms with Gasteiger partial charge in [-0.25, -0.2) is 18.4 Å². The SMILES string of the molecule is CC(=O)[C@@H](OC(C)(C)C)c1c(C)cc2nc(OCc3ccc(C(N)=O)cc3)ccc2c1-c1ccc2c3c(ccnc13)CCO2.CC(=O)[C@@H](OC(C)(C)C)c1c(C)cc2nc(OCc3ccc(S(C)(=O)=O)cc3)ccc2c1-c1ccc2c3c(ccnc13)CCO2. The van der Waals surface area contributed by atoms with Crippen LogP contribution in [-0.2, 0) is 55.0 Å². The van der Waals surface area contributed by atoms with Crippen molar-refractivity contribution in [1.82, 2.24) is 19.9 Å². The minimum Gasteiger partial charge on any atom is -0.493 e. The first-order valence-corrected chi connectivity index (χ1v) is 31.5. The number of pyridine rings is 4. The number of ketones is 2. The number of primary amides is 1. The maximum atomic E-state index is 13.2. The smallest absolute Gasteiger partial charge is 0.248 e. The van der Waals surface area contributed by atoms with Crippen LogP contribution in [0.25, 0.3) is 65.9 Å². The summed E-state index contributed by atoms with van der Waals surface area (Å²) in [6.07, 6.45) is 4.83. The van der Waals surface area contributed by atoms with Crippen LogP contribution in [0.4, 0.5) is 0 Å². The average Bonchev–Trinajstić information content (AvgIpc) is 0.875. The van der Waals surface area contributed by atoms with Crippen LogP contribution in [0, 0.1) is 13.8 Å². The third kappa shape index (κ3) is 13.1. The van der Waals surface area contributed by atoms with Crippen LogP contribution in [-0.4, -0.2) is 76.5 Å². The van der Waals surface area contributed by atoms with E-state index in [2.05, 4.69) is 0 Å². The van der Waals surface area contributed by atoms with Crippen LogP contribution < -0.4 is 24.7 Å². The number of sulfone groups is 1. The number of hydrogen-bond acceptors (Lipinski definition) is 15. The molecule has 0 fully saturated rings. The number of aromatic nitrogens is 4. The monoisotopic (exact) mass is 1210 g/mol. The van der Waals surface area contributed by atoms with Crippen molar-refractivity contribution in [2.24, 2.45) is 5.73 Å². The fourth-order valence-electron chi connectivity index (χ4n) is 11.7. The van der Waals surface area contributed by atoms with Gasteiger partial charge in [-0.2, -0.15) is 0 Å². The molecule has 16 nitrogen and oxygen atoms in total. The van der Waals surface area contributed by atoms with Crippen molar-refractivity contribution in [3.63, 3.8) is 0 Å². The van der Waals surface area contributed by atoms with Gasteiger partial charge in [-0.3, -0.25) is 24.4 Å². The molecule has 456 valence electrons. The van der Waals surface area contributed by atoms with E-state index in [4.69, 9.17) is 54.1 Å². The zero-order valence-electron chi connectivity index (χ0n) is 51.9. The summed E-state index contributed by atoms with van der Waals surface area (Å²) in [5.74, 6) is 1.83. The molecule has 2 atom stereocenters. The molecular weight excluding hydrogens is 1140 g/mol. The summed E-state index contributed by atoms with van der Waals surface area (Å²) in [6.45, 7) is 20.5. The molecule has 2 aliphatic rings. The number of fused-ring (bicyclic) bond motifs is 2. The quantitative estimate of drug-likeness (QED) is 0.0951. The molecule has 17 heteroatoms. The number of nitrogens with two attached hydrogens (primary N) is 1. The van der Waals surface area contributed by atoms with Gasteiger partial charge < -0.3 is 34.2 Å². The van der Waals surface area contributed by atoms with Crippen LogP contribution in [0.1, 0.15) is 122 Å². The second-order valence-corrected chi connectivity index (χ2v) is 26.7. The van der Waals surface area contributed by atoms with Crippen molar-refractivity contribution < 1.29 is 51.2 Å². The summed E-state index contributed by atoms with van der Waals surface area (Å²) >= 11 is 0. The summed E-state index contributed by atoms with van der Waals surface area (Å²) in [5.41, 5.74) is 18.5. The first kappa shape index (κ1) is 61.5. The predicted molar refractivity (Wildman–Crippen MR) is 345 cm³/mol. The van der Waals surface area contributed by atoms with Gasteiger partial charge in [-0.15, -0.1) is 0 Å². The zero-order valence-corrected chi connectivity index (χ0v) is 52.7. The Morgan fingerprint density at radius 3 is 1.37 bits per heavy atom. The molecule has 2 aliphatic heterocycles. The molecule has 0 radical (unpaired) electrons. The zero-order chi connectivity index (χ0) is 63.3. The average molecular weight is 1210 g/mol. The summed E-state index contributed by atoms with van der Waals surface area (Å²) in [6, 6.07) is 37.2. The van der Waals surface area contributed by atoms with Crippen LogP contribution in [0.5, 0.6) is 23.3 Å². The number of benzene rings is 6. The Morgan fingerprint density at radius 2 is 0.989 bits per heavy atom. The normalized spacial score (nSPS) is 13.7. The third-order valence-electron chi connectivity index (χ3n) is 15.7. The van der Waals surface area contributed by atoms with Crippen molar-refractivity contribution in [3.8, 4) is 45.5 Å². The summed E-state index contributed by atoms with van der Waals surface area (Å²) in [7, 11) is -3.28. The van der Waals surface area contributed by atoms with Crippen LogP contribution >= 0.6 is 0 Å². The van der Waals surface area contributed by atoms with E-state index < -0.39 is 39.2 Å². The highest BCUT2D eigenvalue weighted by atomic mass is 32.2. The lowest BCUT2D eigenvalue weighted by atomic mass is 9.86. The number of amides is 1. The Bertz CT molecular complexity index is 4550. The van der Waals surface area contributed by atoms with Gasteiger partial charge in [0.05, 0.1) is 51.4 Å². The van der Waals surface area contributed by atoms with E-state index in [1.807, 2.05) is 141 Å². The molecule has 6 aromatic carbocycles. The highest BCUT2D eigenvalue weighted by Crippen LogP contribution is 2.48. The molecule has 12 rings (SSSR count). The topological polar surface area (TPSA) is 218 Å². The minimum atomic E-state index is -3.28. The standard InChI is InChI=1S/C36H35N3O5.C36H36N2O6S/c1-20-18-27-25(11-13-29(39-27)43-19-22-6-8-24(9-7-22)35(37)41)32(30(20)34(21(2)40)44-36(3,4)5)26-10-12-28-31-23(15-17-42-28)14-16-38-33(26)31;1-21-19-28-26(12-14-30(38-28)43-20-23-7-9-25(10-8-23)45(6,40)41)33(31(21)35(22(2)39)44-36(3,4)5)27-11-13-29-32-24(16-18-42-29)15-17-37-34(27)32/h6-14,16,18,34H,15,17,19H2,1-5H3,(H2,37,41);7-15,17,19,35H,16,18,20H2,1-6H3/t34-;35-/m11/s1. The molecule has 0 saturated carbocycles. The number of aryl methyl sites for hydroxylation is 2. The largest absolute Gasteiger partial charge is 0.493 e. The molecule has 0 saturated heterocycles. The molecule has 0 aliphatic carbocycles. The van der Waals surface area contributed by atoms with Gasteiger partial charge >= 0.3 is 0 Å². The Kier molecular flexibility index (Phi) is 16.9. The number of rotatable bonds is 16. The summed E-state index contributed by atoms with van der Waals surface area (Å²) in [4.78, 5) is 57.6. The Balaban J connectivity index is 0.000000184. The van der Waals surface area contributed by atoms with Crippen molar-refractivity contribution >= 4 is 70.9 Å². The van der Waals surface area contributed by atoms with E-state index in [1.54, 1.807) is 62.4 Å². The fraction of sp³-hybridized carbons (Fsp3) is 0.292. The maximum absolute atomic E-state index is 13.2. The van der Waals surface area contributed by atoms with E-state index in [-0.39, 0.29) is 29.7 Å². The number of hydrogen-bond donors (Lipinski definition) is 1. The number of Topliss-reactive ketones (excluding diaryl/α,β-unsaturated/α-hetero) is 2. The van der Waals surface area contributed by atoms with Gasteiger partial charge in [-0.05, 0) is 210 Å². The van der Waals surface area contributed by atoms with Crippen molar-refractivity contribution in [3.05, 3.63) is 184 Å². The Labute approximate surface area is 517 Å². The van der Waals surface area contributed by atoms with Crippen molar-refractivity contribution in [2.45, 2.75) is 124 Å². The number of ether oxygens (including phenoxy) is 6. The Morgan fingerprint density at radius 1 is 0.573 bits per heavy atom. The molecule has 6 heterocycles. The van der Waals surface area contributed by atoms with E-state index in [1.165, 1.54) is 17.4 Å². The molecule has 0 bridgehead atoms. The van der Waals surface area contributed by atoms with Gasteiger partial charge in [0.15, 0.2) is 21.4 Å². The van der Waals surface area contributed by atoms with Crippen molar-refractivity contribution in [1.29, 1.82) is 0 Å². The van der Waals surface area contributed by atoms with Crippen LogP contribution in [0.3, 0.4) is 0 Å². The lowest BCUT2D eigenvalue weighted by Crippen LogP contribution is -2.27. The summed E-state index contributed by atoms with van der Waals surface area (Å²) in [5, 5.41) is 3.66. The first-order valence-electron chi connectivity index (χ1n) is 29.6. The molecule has 0 unspecified atom stereocenters. The third-order valence-corrected chi connectivity index (χ3v) is 16.8. The highest BCUT2D eigenvalue weighted by molar-refractivity contribution is 7.90. The van der Waals surface area contributed by atoms with Gasteiger partial charge in [0.2, 0.25) is 17.7 Å². The second kappa shape index (κ2) is 24.4. The molecule has 10 aromatic rings. The molecule has 89 heavy (non-hydrogen) atoms. The van der Waals surface area contributed by atoms with Crippen LogP contribution in [0.2, 0.25) is 0 Å². The number of carbonyl (C=O) groups is 3. The van der Waals surface area contributed by atoms with E-state index in [9.17, 15) is 22.8 Å². The first-order chi connectivity index (χ1) is 42.3. The van der Waals surface area contributed by atoms with E-state index in [0.717, 1.165) is 118 Å². The molecular formula is C72H71N5O11S. The molecule has 2 N–H and O–H groups in total. The number of carbonyl (C=O) groups excluding carboxylic acids is 3. The minimum absolute atomic E-state index is 0.0853. The predicted octanol–water partition coefficient (Wildman–Crippen LogP) is 13.9. The van der Waals surface area contributed by atoms with Gasteiger partial charge in [0.25, 0.3) is 0 Å². The maximum Gasteiger partial charge on any atom is 0.248 e. The van der Waals surface area contributed by atoms with Gasteiger partial charge in [-0.1, -0.05) is 24.3 Å². The molecule has 1 amide bonds. The number of nitrogens with zero attached hydrogens (tertiary/aromatic N) is 4. The van der Waals surface area contributed by atoms with Crippen LogP contribution in [0.15, 0.2) is 139 Å². The highest BCUT2D eigenvalue weighted by Gasteiger charge is 2.34. The Hall–Kier alpha value is -9.16. The van der Waals surface area contributed by atoms with Gasteiger partial charge in [0, 0.05) is 81.9 Å². The summed E-state index contributed by atoms with van der Waals surface area (Å²) < 4.78 is 60.6. The van der Waals surface area contributed by atoms with Crippen molar-refractivity contribution in [2.75, 3.05) is 19.5 Å².